The number of methoxy groups -OCH3 is 2. The fraction of sp³-hybridized carbons (Fsp3) is 0.235. The number of halogens is 1. The summed E-state index contributed by atoms with van der Waals surface area (Å²) in [5, 5.41) is 3.11. The SMILES string of the molecule is COc1ccc(CC2(N)C=C(N)c3ncc(F)cc3N2)c(OC)c1. The molecule has 3 rings (SSSR count). The Morgan fingerprint density at radius 1 is 1.25 bits per heavy atom. The van der Waals surface area contributed by atoms with Crippen LogP contribution in [0.2, 0.25) is 0 Å². The molecule has 1 aromatic carbocycles. The van der Waals surface area contributed by atoms with E-state index in [0.29, 0.717) is 35.0 Å². The van der Waals surface area contributed by atoms with E-state index >= 15 is 0 Å². The molecule has 2 aromatic rings. The zero-order chi connectivity index (χ0) is 17.3. The smallest absolute Gasteiger partial charge is 0.143 e. The van der Waals surface area contributed by atoms with Gasteiger partial charge in [-0.2, -0.15) is 0 Å². The Balaban J connectivity index is 1.94. The summed E-state index contributed by atoms with van der Waals surface area (Å²) in [7, 11) is 3.16. The summed E-state index contributed by atoms with van der Waals surface area (Å²) in [5.74, 6) is 0.876. The van der Waals surface area contributed by atoms with E-state index in [1.54, 1.807) is 26.4 Å². The van der Waals surface area contributed by atoms with E-state index in [0.717, 1.165) is 11.8 Å². The van der Waals surface area contributed by atoms with Crippen molar-refractivity contribution in [1.82, 2.24) is 4.98 Å². The minimum atomic E-state index is -0.992. The van der Waals surface area contributed by atoms with Gasteiger partial charge in [0.1, 0.15) is 28.7 Å². The van der Waals surface area contributed by atoms with Crippen LogP contribution in [0.3, 0.4) is 0 Å². The molecule has 24 heavy (non-hydrogen) atoms. The molecule has 0 aliphatic carbocycles. The van der Waals surface area contributed by atoms with Crippen molar-refractivity contribution >= 4 is 11.4 Å². The van der Waals surface area contributed by atoms with Crippen LogP contribution in [-0.2, 0) is 6.42 Å². The Morgan fingerprint density at radius 3 is 2.75 bits per heavy atom. The largest absolute Gasteiger partial charge is 0.497 e. The molecule has 0 saturated heterocycles. The number of benzene rings is 1. The van der Waals surface area contributed by atoms with E-state index in [4.69, 9.17) is 20.9 Å². The van der Waals surface area contributed by atoms with Gasteiger partial charge in [0.25, 0.3) is 0 Å². The first-order chi connectivity index (χ1) is 11.4. The van der Waals surface area contributed by atoms with E-state index in [9.17, 15) is 4.39 Å². The van der Waals surface area contributed by atoms with Gasteiger partial charge in [-0.15, -0.1) is 0 Å². The molecule has 1 aliphatic rings. The molecular formula is C17H19FN4O2. The van der Waals surface area contributed by atoms with E-state index < -0.39 is 11.5 Å². The number of aromatic nitrogens is 1. The monoisotopic (exact) mass is 330 g/mol. The van der Waals surface area contributed by atoms with Crippen molar-refractivity contribution in [2.45, 2.75) is 12.1 Å². The predicted molar refractivity (Wildman–Crippen MR) is 90.2 cm³/mol. The van der Waals surface area contributed by atoms with Gasteiger partial charge in [0, 0.05) is 18.6 Å². The minimum Gasteiger partial charge on any atom is -0.497 e. The summed E-state index contributed by atoms with van der Waals surface area (Å²) in [4.78, 5) is 4.00. The Kier molecular flexibility index (Phi) is 4.02. The van der Waals surface area contributed by atoms with Gasteiger partial charge in [-0.05, 0) is 17.7 Å². The summed E-state index contributed by atoms with van der Waals surface area (Å²) in [5.41, 5.74) is 13.7. The average Bonchev–Trinajstić information content (AvgIpc) is 2.54. The van der Waals surface area contributed by atoms with Crippen molar-refractivity contribution in [3.63, 3.8) is 0 Å². The number of nitrogens with two attached hydrogens (primary N) is 2. The minimum absolute atomic E-state index is 0.386. The summed E-state index contributed by atoms with van der Waals surface area (Å²) in [6, 6.07) is 6.81. The lowest BCUT2D eigenvalue weighted by Gasteiger charge is -2.34. The molecule has 0 amide bonds. The van der Waals surface area contributed by atoms with Crippen molar-refractivity contribution in [1.29, 1.82) is 0 Å². The summed E-state index contributed by atoms with van der Waals surface area (Å²) in [6.07, 6.45) is 3.19. The van der Waals surface area contributed by atoms with Crippen LogP contribution >= 0.6 is 0 Å². The van der Waals surface area contributed by atoms with Gasteiger partial charge in [0.15, 0.2) is 0 Å². The predicted octanol–water partition coefficient (Wildman–Crippen LogP) is 1.86. The number of pyridine rings is 1. The average molecular weight is 330 g/mol. The maximum Gasteiger partial charge on any atom is 0.143 e. The molecule has 0 bridgehead atoms. The molecule has 7 heteroatoms. The Morgan fingerprint density at radius 2 is 2.04 bits per heavy atom. The third kappa shape index (κ3) is 2.98. The van der Waals surface area contributed by atoms with E-state index in [1.165, 1.54) is 6.07 Å². The highest BCUT2D eigenvalue weighted by Crippen LogP contribution is 2.33. The second-order valence-electron chi connectivity index (χ2n) is 5.67. The van der Waals surface area contributed by atoms with Crippen LogP contribution in [0, 0.1) is 5.82 Å². The van der Waals surface area contributed by atoms with Crippen molar-refractivity contribution < 1.29 is 13.9 Å². The summed E-state index contributed by atoms with van der Waals surface area (Å²) in [6.45, 7) is 0. The lowest BCUT2D eigenvalue weighted by Crippen LogP contribution is -2.50. The molecule has 0 radical (unpaired) electrons. The second kappa shape index (κ2) is 6.01. The number of nitrogens with zero attached hydrogens (tertiary/aromatic N) is 1. The molecule has 1 atom stereocenters. The molecule has 1 aliphatic heterocycles. The summed E-state index contributed by atoms with van der Waals surface area (Å²) >= 11 is 0. The highest BCUT2D eigenvalue weighted by atomic mass is 19.1. The van der Waals surface area contributed by atoms with Gasteiger partial charge in [0.2, 0.25) is 0 Å². The lowest BCUT2D eigenvalue weighted by molar-refractivity contribution is 0.388. The number of hydrogen-bond acceptors (Lipinski definition) is 6. The molecule has 5 N–H and O–H groups in total. The fourth-order valence-corrected chi connectivity index (χ4v) is 2.81. The van der Waals surface area contributed by atoms with Crippen molar-refractivity contribution in [2.24, 2.45) is 11.5 Å². The zero-order valence-electron chi connectivity index (χ0n) is 13.5. The van der Waals surface area contributed by atoms with Crippen LogP contribution in [0.15, 0.2) is 36.5 Å². The first-order valence-electron chi connectivity index (χ1n) is 7.36. The maximum atomic E-state index is 13.5. The third-order valence-electron chi connectivity index (χ3n) is 3.89. The number of rotatable bonds is 4. The second-order valence-corrected chi connectivity index (χ2v) is 5.67. The first-order valence-corrected chi connectivity index (χ1v) is 7.36. The first kappa shape index (κ1) is 16.1. The Hall–Kier alpha value is -2.80. The topological polar surface area (TPSA) is 95.4 Å². The number of fused-ring (bicyclic) bond motifs is 1. The van der Waals surface area contributed by atoms with Crippen LogP contribution < -0.4 is 26.3 Å². The Bertz CT molecular complexity index is 809. The molecule has 126 valence electrons. The van der Waals surface area contributed by atoms with E-state index in [2.05, 4.69) is 10.3 Å². The van der Waals surface area contributed by atoms with Crippen molar-refractivity contribution in [3.8, 4) is 11.5 Å². The van der Waals surface area contributed by atoms with Gasteiger partial charge in [0.05, 0.1) is 31.8 Å². The van der Waals surface area contributed by atoms with Gasteiger partial charge in [-0.1, -0.05) is 6.07 Å². The van der Waals surface area contributed by atoms with Crippen LogP contribution in [0.4, 0.5) is 10.1 Å². The van der Waals surface area contributed by atoms with Crippen LogP contribution in [0.25, 0.3) is 5.70 Å². The number of nitrogens with one attached hydrogen (secondary N) is 1. The highest BCUT2D eigenvalue weighted by molar-refractivity contribution is 5.77. The Labute approximate surface area is 139 Å². The molecule has 2 heterocycles. The number of ether oxygens (including phenoxy) is 2. The number of hydrogen-bond donors (Lipinski definition) is 3. The lowest BCUT2D eigenvalue weighted by atomic mass is 9.94. The molecule has 0 fully saturated rings. The standard InChI is InChI=1S/C17H19FN4O2/c1-23-12-4-3-10(15(6-12)24-2)7-17(20)8-13(19)16-14(22-17)5-11(18)9-21-16/h3-6,8-9,22H,7,19-20H2,1-2H3. The molecule has 1 unspecified atom stereocenters. The molecule has 0 saturated carbocycles. The fourth-order valence-electron chi connectivity index (χ4n) is 2.81. The van der Waals surface area contributed by atoms with Crippen molar-refractivity contribution in [3.05, 3.63) is 53.6 Å². The van der Waals surface area contributed by atoms with Gasteiger partial charge in [-0.3, -0.25) is 0 Å². The summed E-state index contributed by atoms with van der Waals surface area (Å²) < 4.78 is 24.1. The van der Waals surface area contributed by atoms with Gasteiger partial charge < -0.3 is 26.3 Å². The van der Waals surface area contributed by atoms with Gasteiger partial charge in [-0.25, -0.2) is 9.37 Å². The van der Waals surface area contributed by atoms with Crippen LogP contribution in [0.1, 0.15) is 11.3 Å². The molecule has 0 spiro atoms. The molecular weight excluding hydrogens is 311 g/mol. The van der Waals surface area contributed by atoms with Gasteiger partial charge >= 0.3 is 0 Å². The quantitative estimate of drug-likeness (QED) is 0.792. The zero-order valence-corrected chi connectivity index (χ0v) is 13.5. The van der Waals surface area contributed by atoms with E-state index in [1.807, 2.05) is 12.1 Å². The van der Waals surface area contributed by atoms with E-state index in [-0.39, 0.29) is 0 Å². The number of anilines is 1. The normalized spacial score (nSPS) is 19.1. The van der Waals surface area contributed by atoms with Crippen LogP contribution in [-0.4, -0.2) is 24.9 Å². The van der Waals surface area contributed by atoms with Crippen LogP contribution in [0.5, 0.6) is 11.5 Å². The van der Waals surface area contributed by atoms with Crippen molar-refractivity contribution in [2.75, 3.05) is 19.5 Å². The molecule has 6 nitrogen and oxygen atoms in total. The maximum absolute atomic E-state index is 13.5. The molecule has 1 aromatic heterocycles. The highest BCUT2D eigenvalue weighted by Gasteiger charge is 2.31. The third-order valence-corrected chi connectivity index (χ3v) is 3.89.